The van der Waals surface area contributed by atoms with Gasteiger partial charge in [0.25, 0.3) is 5.91 Å². The van der Waals surface area contributed by atoms with Gasteiger partial charge in [0.2, 0.25) is 5.89 Å². The Hall–Kier alpha value is -2.86. The summed E-state index contributed by atoms with van der Waals surface area (Å²) >= 11 is 5.83. The van der Waals surface area contributed by atoms with Gasteiger partial charge in [0.05, 0.1) is 0 Å². The van der Waals surface area contributed by atoms with Crippen LogP contribution in [-0.2, 0) is 0 Å². The number of halogens is 1. The Kier molecular flexibility index (Phi) is 5.00. The molecule has 128 valence electrons. The Morgan fingerprint density at radius 2 is 1.72 bits per heavy atom. The molecule has 2 N–H and O–H groups in total. The zero-order valence-electron chi connectivity index (χ0n) is 13.8. The number of nitrogens with zero attached hydrogens (tertiary/aromatic N) is 2. The molecule has 3 aromatic rings. The van der Waals surface area contributed by atoms with E-state index in [1.807, 2.05) is 31.2 Å². The van der Waals surface area contributed by atoms with Gasteiger partial charge in [0, 0.05) is 22.0 Å². The normalized spacial score (nSPS) is 11.8. The summed E-state index contributed by atoms with van der Waals surface area (Å²) in [5, 5.41) is 10.5. The van der Waals surface area contributed by atoms with Gasteiger partial charge in [-0.15, -0.1) is 0 Å². The fourth-order valence-corrected chi connectivity index (χ4v) is 2.38. The van der Waals surface area contributed by atoms with Crippen molar-refractivity contribution < 1.29 is 9.32 Å². The maximum Gasteiger partial charge on any atom is 0.255 e. The summed E-state index contributed by atoms with van der Waals surface area (Å²) in [6.45, 7) is 3.71. The fourth-order valence-electron chi connectivity index (χ4n) is 2.26. The lowest BCUT2D eigenvalue weighted by Gasteiger charge is -2.12. The Morgan fingerprint density at radius 1 is 1.08 bits per heavy atom. The lowest BCUT2D eigenvalue weighted by molar-refractivity contribution is 0.102. The molecule has 1 heterocycles. The number of nitrogens with one attached hydrogen (secondary N) is 2. The van der Waals surface area contributed by atoms with Crippen LogP contribution in [0.1, 0.15) is 35.0 Å². The lowest BCUT2D eigenvalue weighted by atomic mass is 10.2. The van der Waals surface area contributed by atoms with Crippen molar-refractivity contribution in [3.63, 3.8) is 0 Å². The van der Waals surface area contributed by atoms with Gasteiger partial charge in [-0.1, -0.05) is 16.8 Å². The van der Waals surface area contributed by atoms with Gasteiger partial charge >= 0.3 is 0 Å². The monoisotopic (exact) mass is 356 g/mol. The molecule has 0 radical (unpaired) electrons. The van der Waals surface area contributed by atoms with Crippen LogP contribution in [0, 0.1) is 6.92 Å². The molecule has 0 bridgehead atoms. The summed E-state index contributed by atoms with van der Waals surface area (Å²) < 4.78 is 5.14. The standard InChI is InChI=1S/C18H17ClN4O2/c1-11(18-21-12(2)23-25-18)20-15-7-9-16(10-8-15)22-17(24)13-3-5-14(19)6-4-13/h3-11,20H,1-2H3,(H,22,24). The molecule has 0 spiro atoms. The molecular weight excluding hydrogens is 340 g/mol. The van der Waals surface area contributed by atoms with Crippen LogP contribution in [0.2, 0.25) is 5.02 Å². The van der Waals surface area contributed by atoms with Crippen molar-refractivity contribution in [3.05, 3.63) is 70.8 Å². The average molecular weight is 357 g/mol. The lowest BCUT2D eigenvalue weighted by Crippen LogP contribution is -2.12. The number of amides is 1. The Bertz CT molecular complexity index is 860. The predicted molar refractivity (Wildman–Crippen MR) is 96.9 cm³/mol. The smallest absolute Gasteiger partial charge is 0.255 e. The molecule has 1 aromatic heterocycles. The maximum atomic E-state index is 12.2. The first-order valence-electron chi connectivity index (χ1n) is 7.75. The number of anilines is 2. The summed E-state index contributed by atoms with van der Waals surface area (Å²) in [4.78, 5) is 16.4. The summed E-state index contributed by atoms with van der Waals surface area (Å²) in [5.41, 5.74) is 2.13. The number of rotatable bonds is 5. The quantitative estimate of drug-likeness (QED) is 0.705. The third-order valence-corrected chi connectivity index (χ3v) is 3.80. The number of benzene rings is 2. The molecule has 25 heavy (non-hydrogen) atoms. The van der Waals surface area contributed by atoms with E-state index in [9.17, 15) is 4.79 Å². The van der Waals surface area contributed by atoms with Crippen molar-refractivity contribution in [1.82, 2.24) is 10.1 Å². The van der Waals surface area contributed by atoms with Gasteiger partial charge in [-0.25, -0.2) is 0 Å². The minimum Gasteiger partial charge on any atom is -0.374 e. The molecular formula is C18H17ClN4O2. The molecule has 1 unspecified atom stereocenters. The van der Waals surface area contributed by atoms with E-state index in [1.54, 1.807) is 31.2 Å². The first-order valence-corrected chi connectivity index (χ1v) is 8.13. The Balaban J connectivity index is 1.62. The van der Waals surface area contributed by atoms with Crippen molar-refractivity contribution in [2.75, 3.05) is 10.6 Å². The zero-order chi connectivity index (χ0) is 17.8. The van der Waals surface area contributed by atoms with Gasteiger partial charge < -0.3 is 15.2 Å². The number of carbonyl (C=O) groups is 1. The molecule has 0 saturated carbocycles. The first kappa shape index (κ1) is 17.0. The second-order valence-corrected chi connectivity index (χ2v) is 6.02. The van der Waals surface area contributed by atoms with E-state index in [-0.39, 0.29) is 11.9 Å². The van der Waals surface area contributed by atoms with Crippen molar-refractivity contribution in [3.8, 4) is 0 Å². The Labute approximate surface area is 150 Å². The zero-order valence-corrected chi connectivity index (χ0v) is 14.5. The first-order chi connectivity index (χ1) is 12.0. The number of carbonyl (C=O) groups excluding carboxylic acids is 1. The van der Waals surface area contributed by atoms with Crippen molar-refractivity contribution in [1.29, 1.82) is 0 Å². The predicted octanol–water partition coefficient (Wildman–Crippen LogP) is 4.46. The van der Waals surface area contributed by atoms with Crippen LogP contribution >= 0.6 is 11.6 Å². The van der Waals surface area contributed by atoms with Gasteiger partial charge in [0.1, 0.15) is 6.04 Å². The number of aryl methyl sites for hydroxylation is 1. The third kappa shape index (κ3) is 4.36. The second-order valence-electron chi connectivity index (χ2n) is 5.58. The average Bonchev–Trinajstić information content (AvgIpc) is 3.04. The van der Waals surface area contributed by atoms with Crippen LogP contribution in [0.3, 0.4) is 0 Å². The Morgan fingerprint density at radius 3 is 2.32 bits per heavy atom. The van der Waals surface area contributed by atoms with Crippen LogP contribution in [0.15, 0.2) is 53.1 Å². The molecule has 0 aliphatic rings. The van der Waals surface area contributed by atoms with Crippen LogP contribution in [0.25, 0.3) is 0 Å². The van der Waals surface area contributed by atoms with Gasteiger partial charge in [0.15, 0.2) is 5.82 Å². The summed E-state index contributed by atoms with van der Waals surface area (Å²) in [6.07, 6.45) is 0. The summed E-state index contributed by atoms with van der Waals surface area (Å²) in [7, 11) is 0. The molecule has 1 atom stereocenters. The number of aromatic nitrogens is 2. The molecule has 2 aromatic carbocycles. The summed E-state index contributed by atoms with van der Waals surface area (Å²) in [5.74, 6) is 0.939. The highest BCUT2D eigenvalue weighted by molar-refractivity contribution is 6.30. The molecule has 3 rings (SSSR count). The van der Waals surface area contributed by atoms with Gasteiger partial charge in [-0.05, 0) is 62.4 Å². The molecule has 1 amide bonds. The van der Waals surface area contributed by atoms with Crippen LogP contribution < -0.4 is 10.6 Å². The highest BCUT2D eigenvalue weighted by Gasteiger charge is 2.12. The largest absolute Gasteiger partial charge is 0.374 e. The van der Waals surface area contributed by atoms with E-state index >= 15 is 0 Å². The van der Waals surface area contributed by atoms with Crippen molar-refractivity contribution in [2.24, 2.45) is 0 Å². The van der Waals surface area contributed by atoms with E-state index in [0.717, 1.165) is 5.69 Å². The van der Waals surface area contributed by atoms with Crippen LogP contribution in [-0.4, -0.2) is 16.0 Å². The molecule has 0 fully saturated rings. The SMILES string of the molecule is Cc1noc(C(C)Nc2ccc(NC(=O)c3ccc(Cl)cc3)cc2)n1. The molecule has 0 aliphatic carbocycles. The number of hydrogen-bond acceptors (Lipinski definition) is 5. The highest BCUT2D eigenvalue weighted by Crippen LogP contribution is 2.20. The van der Waals surface area contributed by atoms with Crippen LogP contribution in [0.5, 0.6) is 0 Å². The third-order valence-electron chi connectivity index (χ3n) is 3.55. The number of hydrogen-bond donors (Lipinski definition) is 2. The van der Waals surface area contributed by atoms with Gasteiger partial charge in [-0.3, -0.25) is 4.79 Å². The minimum atomic E-state index is -0.188. The van der Waals surface area contributed by atoms with E-state index < -0.39 is 0 Å². The highest BCUT2D eigenvalue weighted by atomic mass is 35.5. The second kappa shape index (κ2) is 7.36. The summed E-state index contributed by atoms with van der Waals surface area (Å²) in [6, 6.07) is 14.0. The molecule has 6 nitrogen and oxygen atoms in total. The molecule has 0 saturated heterocycles. The van der Waals surface area contributed by atoms with Crippen LogP contribution in [0.4, 0.5) is 11.4 Å². The topological polar surface area (TPSA) is 80.0 Å². The molecule has 7 heteroatoms. The van der Waals surface area contributed by atoms with E-state index in [2.05, 4.69) is 20.8 Å². The maximum absolute atomic E-state index is 12.2. The molecule has 0 aliphatic heterocycles. The van der Waals surface area contributed by atoms with Gasteiger partial charge in [-0.2, -0.15) is 4.98 Å². The van der Waals surface area contributed by atoms with E-state index in [4.69, 9.17) is 16.1 Å². The fraction of sp³-hybridized carbons (Fsp3) is 0.167. The van der Waals surface area contributed by atoms with Crippen molar-refractivity contribution in [2.45, 2.75) is 19.9 Å². The van der Waals surface area contributed by atoms with Crippen molar-refractivity contribution >= 4 is 28.9 Å². The van der Waals surface area contributed by atoms with E-state index in [1.165, 1.54) is 0 Å². The minimum absolute atomic E-state index is 0.115. The van der Waals surface area contributed by atoms with E-state index in [0.29, 0.717) is 28.0 Å².